The quantitative estimate of drug-likeness (QED) is 0.433. The number of pyridine rings is 2. The number of amides is 1. The number of carbonyl (C=O) groups excluding carboxylic acids is 1. The molecule has 1 saturated heterocycles. The van der Waals surface area contributed by atoms with E-state index in [0.717, 1.165) is 23.7 Å². The van der Waals surface area contributed by atoms with Crippen molar-refractivity contribution in [1.29, 1.82) is 0 Å². The highest BCUT2D eigenvalue weighted by Gasteiger charge is 2.27. The molecule has 0 aliphatic carbocycles. The highest BCUT2D eigenvalue weighted by atomic mass is 35.5. The molecule has 1 unspecified atom stereocenters. The molecule has 0 spiro atoms. The summed E-state index contributed by atoms with van der Waals surface area (Å²) in [5.41, 5.74) is 2.06. The molecule has 4 aromatic rings. The van der Waals surface area contributed by atoms with Crippen LogP contribution in [0.5, 0.6) is 0 Å². The smallest absolute Gasteiger partial charge is 0.246 e. The van der Waals surface area contributed by atoms with Gasteiger partial charge in [-0.25, -0.2) is 9.97 Å². The van der Waals surface area contributed by atoms with Crippen molar-refractivity contribution in [3.8, 4) is 17.2 Å². The molecule has 4 aromatic heterocycles. The zero-order valence-electron chi connectivity index (χ0n) is 17.6. The largest absolute Gasteiger partial charge is 0.337 e. The van der Waals surface area contributed by atoms with Crippen LogP contribution in [0.4, 0.5) is 0 Å². The van der Waals surface area contributed by atoms with Crippen molar-refractivity contribution < 1.29 is 4.79 Å². The van der Waals surface area contributed by atoms with Crippen LogP contribution in [0.1, 0.15) is 18.9 Å². The number of hydrogen-bond acceptors (Lipinski definition) is 6. The van der Waals surface area contributed by atoms with Crippen LogP contribution in [0.15, 0.2) is 66.8 Å². The van der Waals surface area contributed by atoms with Gasteiger partial charge in [0.15, 0.2) is 5.43 Å². The van der Waals surface area contributed by atoms with Crippen molar-refractivity contribution in [3.63, 3.8) is 0 Å². The molecular formula is C23H20ClN7O2. The summed E-state index contributed by atoms with van der Waals surface area (Å²) in [6.45, 7) is 4.83. The highest BCUT2D eigenvalue weighted by molar-refractivity contribution is 6.35. The van der Waals surface area contributed by atoms with E-state index in [9.17, 15) is 9.59 Å². The first kappa shape index (κ1) is 21.0. The molecule has 9 nitrogen and oxygen atoms in total. The van der Waals surface area contributed by atoms with Crippen LogP contribution in [0.2, 0.25) is 5.02 Å². The van der Waals surface area contributed by atoms with E-state index in [1.54, 1.807) is 46.6 Å². The van der Waals surface area contributed by atoms with Crippen LogP contribution in [0, 0.1) is 0 Å². The minimum atomic E-state index is -0.0874. The Morgan fingerprint density at radius 2 is 1.91 bits per heavy atom. The van der Waals surface area contributed by atoms with E-state index in [-0.39, 0.29) is 17.4 Å². The van der Waals surface area contributed by atoms with E-state index in [4.69, 9.17) is 16.7 Å². The first-order valence-corrected chi connectivity index (χ1v) is 10.9. The lowest BCUT2D eigenvalue weighted by Gasteiger charge is -2.32. The highest BCUT2D eigenvalue weighted by Crippen LogP contribution is 2.35. The van der Waals surface area contributed by atoms with Crippen LogP contribution in [0.3, 0.4) is 0 Å². The number of hydrogen-bond donors (Lipinski definition) is 0. The van der Waals surface area contributed by atoms with Crippen molar-refractivity contribution in [2.75, 3.05) is 13.1 Å². The molecule has 1 fully saturated rings. The summed E-state index contributed by atoms with van der Waals surface area (Å²) in [5, 5.41) is 6.15. The number of aromatic nitrogens is 6. The van der Waals surface area contributed by atoms with Crippen LogP contribution in [-0.4, -0.2) is 53.2 Å². The lowest BCUT2D eigenvalue weighted by Crippen LogP contribution is -2.40. The average Bonchev–Trinajstić information content (AvgIpc) is 3.25. The number of nitrogens with zero attached hydrogens (tertiary/aromatic N) is 7. The molecule has 0 bridgehead atoms. The monoisotopic (exact) mass is 461 g/mol. The van der Waals surface area contributed by atoms with E-state index >= 15 is 0 Å². The molecule has 0 saturated carbocycles. The number of halogens is 1. The summed E-state index contributed by atoms with van der Waals surface area (Å²) in [6, 6.07) is 2.87. The van der Waals surface area contributed by atoms with Gasteiger partial charge < -0.3 is 4.90 Å². The Bertz CT molecular complexity index is 1390. The Kier molecular flexibility index (Phi) is 5.47. The maximum absolute atomic E-state index is 12.2. The summed E-state index contributed by atoms with van der Waals surface area (Å²) in [6.07, 6.45) is 13.0. The van der Waals surface area contributed by atoms with Gasteiger partial charge in [-0.1, -0.05) is 18.2 Å². The Morgan fingerprint density at radius 1 is 1.15 bits per heavy atom. The molecule has 1 amide bonds. The number of fused-ring (bicyclic) bond motifs is 1. The minimum Gasteiger partial charge on any atom is -0.337 e. The van der Waals surface area contributed by atoms with Crippen LogP contribution in [-0.2, 0) is 4.79 Å². The van der Waals surface area contributed by atoms with Crippen molar-refractivity contribution in [2.45, 2.75) is 18.9 Å². The van der Waals surface area contributed by atoms with Crippen molar-refractivity contribution in [2.24, 2.45) is 0 Å². The topological polar surface area (TPSA) is 98.8 Å². The average molecular weight is 462 g/mol. The van der Waals surface area contributed by atoms with Crippen LogP contribution in [0.25, 0.3) is 28.1 Å². The Labute approximate surface area is 194 Å². The molecule has 5 rings (SSSR count). The molecule has 0 radical (unpaired) electrons. The number of likely N-dealkylation sites (tertiary alicyclic amines) is 1. The summed E-state index contributed by atoms with van der Waals surface area (Å²) < 4.78 is 3.56. The zero-order valence-corrected chi connectivity index (χ0v) is 18.4. The predicted octanol–water partition coefficient (Wildman–Crippen LogP) is 3.04. The number of rotatable bonds is 4. The van der Waals surface area contributed by atoms with Gasteiger partial charge in [-0.3, -0.25) is 23.8 Å². The van der Waals surface area contributed by atoms with Gasteiger partial charge in [0.1, 0.15) is 5.69 Å². The fourth-order valence-corrected chi connectivity index (χ4v) is 4.37. The van der Waals surface area contributed by atoms with E-state index < -0.39 is 0 Å². The minimum absolute atomic E-state index is 0.0276. The summed E-state index contributed by atoms with van der Waals surface area (Å²) >= 11 is 6.55. The second-order valence-corrected chi connectivity index (χ2v) is 8.22. The van der Waals surface area contributed by atoms with E-state index in [1.165, 1.54) is 18.2 Å². The summed E-state index contributed by atoms with van der Waals surface area (Å²) in [5.74, 6) is 0.347. The van der Waals surface area contributed by atoms with Gasteiger partial charge in [-0.2, -0.15) is 5.10 Å². The van der Waals surface area contributed by atoms with Crippen molar-refractivity contribution in [3.05, 3.63) is 77.2 Å². The summed E-state index contributed by atoms with van der Waals surface area (Å²) in [4.78, 5) is 38.4. The first-order valence-electron chi connectivity index (χ1n) is 10.5. The number of piperidine rings is 1. The molecule has 166 valence electrons. The maximum atomic E-state index is 12.2. The third kappa shape index (κ3) is 3.91. The number of carbonyl (C=O) groups is 1. The molecule has 1 aliphatic heterocycles. The SMILES string of the molecule is C=CC(=O)N1CCCC(n2nc(-c3cnc(-n4ccc(=O)cc4)nc3)c3cncc(Cl)c32)C1. The maximum Gasteiger partial charge on any atom is 0.246 e. The normalized spacial score (nSPS) is 16.2. The summed E-state index contributed by atoms with van der Waals surface area (Å²) in [7, 11) is 0. The van der Waals surface area contributed by atoms with Gasteiger partial charge in [0.25, 0.3) is 0 Å². The van der Waals surface area contributed by atoms with Crippen LogP contribution < -0.4 is 5.43 Å². The molecule has 0 N–H and O–H groups in total. The Balaban J connectivity index is 1.55. The third-order valence-corrected chi connectivity index (χ3v) is 6.01. The van der Waals surface area contributed by atoms with Gasteiger partial charge in [-0.15, -0.1) is 0 Å². The van der Waals surface area contributed by atoms with Gasteiger partial charge in [0.2, 0.25) is 11.9 Å². The Morgan fingerprint density at radius 3 is 2.64 bits per heavy atom. The fraction of sp³-hybridized carbons (Fsp3) is 0.217. The van der Waals surface area contributed by atoms with Gasteiger partial charge in [0, 0.05) is 73.4 Å². The van der Waals surface area contributed by atoms with Gasteiger partial charge in [0.05, 0.1) is 16.6 Å². The molecule has 33 heavy (non-hydrogen) atoms. The Hall–Kier alpha value is -3.85. The fourth-order valence-electron chi connectivity index (χ4n) is 4.13. The lowest BCUT2D eigenvalue weighted by molar-refractivity contribution is -0.127. The molecular weight excluding hydrogens is 442 g/mol. The second kappa shape index (κ2) is 8.59. The molecule has 0 aromatic carbocycles. The van der Waals surface area contributed by atoms with Crippen molar-refractivity contribution in [1.82, 2.24) is 34.2 Å². The first-order chi connectivity index (χ1) is 16.0. The second-order valence-electron chi connectivity index (χ2n) is 7.81. The van der Waals surface area contributed by atoms with E-state index in [0.29, 0.717) is 35.3 Å². The van der Waals surface area contributed by atoms with Crippen molar-refractivity contribution >= 4 is 28.4 Å². The van der Waals surface area contributed by atoms with E-state index in [2.05, 4.69) is 21.5 Å². The molecule has 10 heteroatoms. The molecule has 1 atom stereocenters. The molecule has 5 heterocycles. The van der Waals surface area contributed by atoms with Gasteiger partial charge >= 0.3 is 0 Å². The third-order valence-electron chi connectivity index (χ3n) is 5.73. The molecule has 1 aliphatic rings. The van der Waals surface area contributed by atoms with Crippen LogP contribution >= 0.6 is 11.6 Å². The predicted molar refractivity (Wildman–Crippen MR) is 124 cm³/mol. The lowest BCUT2D eigenvalue weighted by atomic mass is 10.1. The van der Waals surface area contributed by atoms with Gasteiger partial charge in [-0.05, 0) is 18.9 Å². The zero-order chi connectivity index (χ0) is 22.9. The van der Waals surface area contributed by atoms with E-state index in [1.807, 2.05) is 4.68 Å². The standard InChI is InChI=1S/C23H20ClN7O2/c1-2-20(33)30-7-3-4-16(14-30)31-22-18(12-25-13-19(22)24)21(28-31)15-10-26-23(27-11-15)29-8-5-17(32)6-9-29/h2,5-6,8-13,16H,1,3-4,7,14H2.